The lowest BCUT2D eigenvalue weighted by Gasteiger charge is -2.10. The predicted molar refractivity (Wildman–Crippen MR) is 67.4 cm³/mol. The Hall–Kier alpha value is -1.23. The molecule has 0 radical (unpaired) electrons. The average Bonchev–Trinajstić information content (AvgIpc) is 2.27. The number of ether oxygens (including phenoxy) is 1. The number of nitrogen functional groups attached to an aromatic ring is 1. The van der Waals surface area contributed by atoms with Crippen molar-refractivity contribution in [2.45, 2.75) is 12.8 Å². The number of halogens is 1. The van der Waals surface area contributed by atoms with Crippen molar-refractivity contribution in [1.29, 1.82) is 0 Å². The summed E-state index contributed by atoms with van der Waals surface area (Å²) >= 11 is 3.36. The van der Waals surface area contributed by atoms with Crippen molar-refractivity contribution >= 4 is 27.5 Å². The van der Waals surface area contributed by atoms with Crippen LogP contribution in [0.15, 0.2) is 22.7 Å². The Morgan fingerprint density at radius 2 is 2.31 bits per heavy atom. The SMILES string of the molecule is CNC(=O)CCCOc1c(N)cccc1Br. The largest absolute Gasteiger partial charge is 0.490 e. The number of benzene rings is 1. The van der Waals surface area contributed by atoms with Crippen molar-refractivity contribution in [2.75, 3.05) is 19.4 Å². The lowest BCUT2D eigenvalue weighted by molar-refractivity contribution is -0.120. The van der Waals surface area contributed by atoms with E-state index < -0.39 is 0 Å². The quantitative estimate of drug-likeness (QED) is 0.642. The highest BCUT2D eigenvalue weighted by molar-refractivity contribution is 9.10. The zero-order valence-electron chi connectivity index (χ0n) is 9.13. The van der Waals surface area contributed by atoms with Gasteiger partial charge in [-0.05, 0) is 34.5 Å². The standard InChI is InChI=1S/C11H15BrN2O2/c1-14-10(15)6-3-7-16-11-8(12)4-2-5-9(11)13/h2,4-5H,3,6-7,13H2,1H3,(H,14,15). The van der Waals surface area contributed by atoms with Gasteiger partial charge in [0.05, 0.1) is 16.8 Å². The van der Waals surface area contributed by atoms with Crippen LogP contribution in [0.3, 0.4) is 0 Å². The molecule has 1 aromatic carbocycles. The monoisotopic (exact) mass is 286 g/mol. The van der Waals surface area contributed by atoms with E-state index >= 15 is 0 Å². The van der Waals surface area contributed by atoms with Crippen LogP contribution in [0.1, 0.15) is 12.8 Å². The van der Waals surface area contributed by atoms with Crippen LogP contribution < -0.4 is 15.8 Å². The van der Waals surface area contributed by atoms with E-state index in [1.54, 1.807) is 13.1 Å². The van der Waals surface area contributed by atoms with Gasteiger partial charge in [0.2, 0.25) is 5.91 Å². The smallest absolute Gasteiger partial charge is 0.219 e. The van der Waals surface area contributed by atoms with Crippen molar-refractivity contribution in [2.24, 2.45) is 0 Å². The summed E-state index contributed by atoms with van der Waals surface area (Å²) in [5.74, 6) is 0.656. The fourth-order valence-corrected chi connectivity index (χ4v) is 1.71. The Morgan fingerprint density at radius 3 is 2.94 bits per heavy atom. The normalized spacial score (nSPS) is 9.88. The number of carbonyl (C=O) groups excluding carboxylic acids is 1. The zero-order chi connectivity index (χ0) is 12.0. The molecule has 0 saturated carbocycles. The first-order chi connectivity index (χ1) is 7.65. The maximum Gasteiger partial charge on any atom is 0.219 e. The minimum absolute atomic E-state index is 0.0173. The number of nitrogens with two attached hydrogens (primary N) is 1. The second kappa shape index (κ2) is 6.37. The van der Waals surface area contributed by atoms with E-state index in [-0.39, 0.29) is 5.91 Å². The number of hydrogen-bond acceptors (Lipinski definition) is 3. The topological polar surface area (TPSA) is 64.3 Å². The third kappa shape index (κ3) is 3.73. The summed E-state index contributed by atoms with van der Waals surface area (Å²) < 4.78 is 6.34. The van der Waals surface area contributed by atoms with Gasteiger partial charge in [-0.2, -0.15) is 0 Å². The number of carbonyl (C=O) groups is 1. The first-order valence-electron chi connectivity index (χ1n) is 5.02. The molecule has 4 nitrogen and oxygen atoms in total. The molecule has 88 valence electrons. The van der Waals surface area contributed by atoms with Crippen LogP contribution in [-0.2, 0) is 4.79 Å². The van der Waals surface area contributed by atoms with E-state index in [9.17, 15) is 4.79 Å². The van der Waals surface area contributed by atoms with Crippen LogP contribution in [0, 0.1) is 0 Å². The van der Waals surface area contributed by atoms with E-state index in [1.807, 2.05) is 12.1 Å². The molecule has 0 fully saturated rings. The highest BCUT2D eigenvalue weighted by atomic mass is 79.9. The van der Waals surface area contributed by atoms with Gasteiger partial charge < -0.3 is 15.8 Å². The number of amides is 1. The van der Waals surface area contributed by atoms with Gasteiger partial charge in [0.1, 0.15) is 0 Å². The van der Waals surface area contributed by atoms with Crippen LogP contribution in [0.2, 0.25) is 0 Å². The molecule has 0 atom stereocenters. The third-order valence-corrected chi connectivity index (χ3v) is 2.70. The van der Waals surface area contributed by atoms with Crippen LogP contribution in [-0.4, -0.2) is 19.6 Å². The highest BCUT2D eigenvalue weighted by Gasteiger charge is 2.05. The summed E-state index contributed by atoms with van der Waals surface area (Å²) in [6, 6.07) is 5.49. The molecule has 0 spiro atoms. The second-order valence-electron chi connectivity index (χ2n) is 3.28. The number of rotatable bonds is 5. The van der Waals surface area contributed by atoms with Gasteiger partial charge in [-0.3, -0.25) is 4.79 Å². The molecule has 0 aliphatic heterocycles. The van der Waals surface area contributed by atoms with Gasteiger partial charge in [-0.15, -0.1) is 0 Å². The lowest BCUT2D eigenvalue weighted by Crippen LogP contribution is -2.18. The fraction of sp³-hybridized carbons (Fsp3) is 0.364. The fourth-order valence-electron chi connectivity index (χ4n) is 1.21. The number of nitrogens with one attached hydrogen (secondary N) is 1. The summed E-state index contributed by atoms with van der Waals surface area (Å²) in [7, 11) is 1.62. The zero-order valence-corrected chi connectivity index (χ0v) is 10.7. The van der Waals surface area contributed by atoms with E-state index in [4.69, 9.17) is 10.5 Å². The Bertz CT molecular complexity index is 349. The van der Waals surface area contributed by atoms with Gasteiger partial charge in [-0.25, -0.2) is 0 Å². The van der Waals surface area contributed by atoms with Crippen LogP contribution in [0.25, 0.3) is 0 Å². The molecule has 0 aliphatic carbocycles. The first-order valence-corrected chi connectivity index (χ1v) is 5.82. The molecular weight excluding hydrogens is 272 g/mol. The molecule has 5 heteroatoms. The van der Waals surface area contributed by atoms with Crippen LogP contribution >= 0.6 is 15.9 Å². The van der Waals surface area contributed by atoms with Gasteiger partial charge in [0.25, 0.3) is 0 Å². The highest BCUT2D eigenvalue weighted by Crippen LogP contribution is 2.30. The van der Waals surface area contributed by atoms with Crippen molar-refractivity contribution in [3.63, 3.8) is 0 Å². The van der Waals surface area contributed by atoms with Crippen molar-refractivity contribution in [1.82, 2.24) is 5.32 Å². The summed E-state index contributed by atoms with van der Waals surface area (Å²) in [6.07, 6.45) is 1.13. The van der Waals surface area contributed by atoms with Crippen LogP contribution in [0.4, 0.5) is 5.69 Å². The minimum Gasteiger partial charge on any atom is -0.490 e. The molecular formula is C11H15BrN2O2. The van der Waals surface area contributed by atoms with E-state index in [0.29, 0.717) is 30.9 Å². The molecule has 0 unspecified atom stereocenters. The summed E-state index contributed by atoms with van der Waals surface area (Å²) in [4.78, 5) is 11.0. The Kier molecular flexibility index (Phi) is 5.11. The molecule has 0 aliphatic rings. The first kappa shape index (κ1) is 12.8. The van der Waals surface area contributed by atoms with E-state index in [1.165, 1.54) is 0 Å². The molecule has 3 N–H and O–H groups in total. The summed E-state index contributed by atoms with van der Waals surface area (Å²) in [5.41, 5.74) is 6.35. The number of anilines is 1. The Morgan fingerprint density at radius 1 is 1.56 bits per heavy atom. The molecule has 0 heterocycles. The summed E-state index contributed by atoms with van der Waals surface area (Å²) in [6.45, 7) is 0.472. The Balaban J connectivity index is 2.40. The predicted octanol–water partition coefficient (Wildman–Crippen LogP) is 1.94. The van der Waals surface area contributed by atoms with Crippen molar-refractivity contribution in [3.8, 4) is 5.75 Å². The van der Waals surface area contributed by atoms with E-state index in [0.717, 1.165) is 4.47 Å². The summed E-state index contributed by atoms with van der Waals surface area (Å²) in [5, 5.41) is 2.56. The molecule has 0 bridgehead atoms. The molecule has 1 aromatic rings. The second-order valence-corrected chi connectivity index (χ2v) is 4.14. The minimum atomic E-state index is 0.0173. The number of hydrogen-bond donors (Lipinski definition) is 2. The maximum atomic E-state index is 11.0. The molecule has 1 amide bonds. The van der Waals surface area contributed by atoms with E-state index in [2.05, 4.69) is 21.2 Å². The van der Waals surface area contributed by atoms with Crippen molar-refractivity contribution < 1.29 is 9.53 Å². The average molecular weight is 287 g/mol. The van der Waals surface area contributed by atoms with Gasteiger partial charge in [-0.1, -0.05) is 6.07 Å². The van der Waals surface area contributed by atoms with Gasteiger partial charge in [0.15, 0.2) is 5.75 Å². The molecule has 0 saturated heterocycles. The van der Waals surface area contributed by atoms with Gasteiger partial charge in [0, 0.05) is 13.5 Å². The third-order valence-electron chi connectivity index (χ3n) is 2.07. The molecule has 0 aromatic heterocycles. The maximum absolute atomic E-state index is 11.0. The van der Waals surface area contributed by atoms with Crippen molar-refractivity contribution in [3.05, 3.63) is 22.7 Å². The molecule has 16 heavy (non-hydrogen) atoms. The lowest BCUT2D eigenvalue weighted by atomic mass is 10.3. The molecule has 1 rings (SSSR count). The van der Waals surface area contributed by atoms with Gasteiger partial charge >= 0.3 is 0 Å². The van der Waals surface area contributed by atoms with Crippen LogP contribution in [0.5, 0.6) is 5.75 Å². The Labute approximate surface area is 103 Å². The number of para-hydroxylation sites is 1.